The van der Waals surface area contributed by atoms with Crippen LogP contribution in [0.2, 0.25) is 5.02 Å². The van der Waals surface area contributed by atoms with E-state index in [4.69, 9.17) is 21.1 Å². The van der Waals surface area contributed by atoms with E-state index in [0.717, 1.165) is 17.5 Å². The van der Waals surface area contributed by atoms with Gasteiger partial charge in [-0.3, -0.25) is 20.4 Å². The van der Waals surface area contributed by atoms with Gasteiger partial charge in [-0.2, -0.15) is 0 Å². The van der Waals surface area contributed by atoms with Gasteiger partial charge in [0, 0.05) is 11.1 Å². The minimum absolute atomic E-state index is 0.248. The second-order valence-electron chi connectivity index (χ2n) is 6.29. The normalized spacial score (nSPS) is 10.3. The van der Waals surface area contributed by atoms with Gasteiger partial charge in [0.05, 0.1) is 18.2 Å². The van der Waals surface area contributed by atoms with Crippen LogP contribution >= 0.6 is 11.6 Å². The Kier molecular flexibility index (Phi) is 7.70. The predicted octanol–water partition coefficient (Wildman–Crippen LogP) is 4.22. The summed E-state index contributed by atoms with van der Waals surface area (Å²) >= 11 is 6.27. The molecular formula is C21H25ClN2O4. The van der Waals surface area contributed by atoms with Crippen molar-refractivity contribution in [3.63, 3.8) is 0 Å². The molecule has 2 rings (SSSR count). The SMILES string of the molecule is CCCOc1c(Cl)cc(C(=O)NNC(=O)c2ccc(C)cc2C)cc1OCC. The molecule has 2 N–H and O–H groups in total. The van der Waals surface area contributed by atoms with E-state index in [9.17, 15) is 9.59 Å². The number of hydrogen-bond donors (Lipinski definition) is 2. The Hall–Kier alpha value is -2.73. The molecule has 0 aromatic heterocycles. The van der Waals surface area contributed by atoms with Crippen LogP contribution in [0.5, 0.6) is 11.5 Å². The standard InChI is InChI=1S/C21H25ClN2O4/c1-5-9-28-19-17(22)11-15(12-18(19)27-6-2)20(25)23-24-21(26)16-8-7-13(3)10-14(16)4/h7-8,10-12H,5-6,9H2,1-4H3,(H,23,25)(H,24,26). The van der Waals surface area contributed by atoms with Crippen molar-refractivity contribution < 1.29 is 19.1 Å². The molecule has 0 bridgehead atoms. The Balaban J connectivity index is 2.13. The van der Waals surface area contributed by atoms with Crippen LogP contribution in [-0.2, 0) is 0 Å². The molecule has 0 heterocycles. The van der Waals surface area contributed by atoms with Crippen molar-refractivity contribution in [3.8, 4) is 11.5 Å². The number of nitrogens with one attached hydrogen (secondary N) is 2. The van der Waals surface area contributed by atoms with Crippen molar-refractivity contribution in [3.05, 3.63) is 57.6 Å². The Bertz CT molecular complexity index is 868. The van der Waals surface area contributed by atoms with E-state index in [-0.39, 0.29) is 10.6 Å². The lowest BCUT2D eigenvalue weighted by molar-refractivity contribution is 0.0846. The van der Waals surface area contributed by atoms with Gasteiger partial charge in [0.1, 0.15) is 0 Å². The molecule has 0 unspecified atom stereocenters. The number of halogens is 1. The number of rotatable bonds is 7. The zero-order valence-corrected chi connectivity index (χ0v) is 17.3. The molecule has 7 heteroatoms. The molecule has 6 nitrogen and oxygen atoms in total. The number of carbonyl (C=O) groups excluding carboxylic acids is 2. The van der Waals surface area contributed by atoms with Crippen LogP contribution in [0, 0.1) is 13.8 Å². The van der Waals surface area contributed by atoms with Gasteiger partial charge in [-0.05, 0) is 51.0 Å². The lowest BCUT2D eigenvalue weighted by atomic mass is 10.1. The third-order valence-corrected chi connectivity index (χ3v) is 4.22. The smallest absolute Gasteiger partial charge is 0.269 e. The van der Waals surface area contributed by atoms with E-state index in [2.05, 4.69) is 10.9 Å². The summed E-state index contributed by atoms with van der Waals surface area (Å²) in [6, 6.07) is 8.48. The van der Waals surface area contributed by atoms with E-state index in [0.29, 0.717) is 30.3 Å². The summed E-state index contributed by atoms with van der Waals surface area (Å²) in [5, 5.41) is 0.269. The second-order valence-corrected chi connectivity index (χ2v) is 6.70. The van der Waals surface area contributed by atoms with Crippen molar-refractivity contribution in [2.75, 3.05) is 13.2 Å². The molecule has 0 radical (unpaired) electrons. The molecule has 0 aliphatic carbocycles. The van der Waals surface area contributed by atoms with Gasteiger partial charge in [0.15, 0.2) is 11.5 Å². The van der Waals surface area contributed by atoms with E-state index in [1.807, 2.05) is 39.8 Å². The minimum Gasteiger partial charge on any atom is -0.490 e. The van der Waals surface area contributed by atoms with Gasteiger partial charge in [-0.1, -0.05) is 36.2 Å². The summed E-state index contributed by atoms with van der Waals surface area (Å²) in [6.07, 6.45) is 0.814. The highest BCUT2D eigenvalue weighted by atomic mass is 35.5. The summed E-state index contributed by atoms with van der Waals surface area (Å²) in [7, 11) is 0. The van der Waals surface area contributed by atoms with Crippen LogP contribution in [-0.4, -0.2) is 25.0 Å². The summed E-state index contributed by atoms with van der Waals surface area (Å²) in [6.45, 7) is 8.48. The summed E-state index contributed by atoms with van der Waals surface area (Å²) in [4.78, 5) is 24.8. The van der Waals surface area contributed by atoms with Crippen LogP contribution in [0.25, 0.3) is 0 Å². The van der Waals surface area contributed by atoms with Crippen molar-refractivity contribution in [1.29, 1.82) is 0 Å². The van der Waals surface area contributed by atoms with Gasteiger partial charge >= 0.3 is 0 Å². The molecule has 2 aromatic carbocycles. The molecule has 0 fully saturated rings. The summed E-state index contributed by atoms with van der Waals surface area (Å²) < 4.78 is 11.2. The minimum atomic E-state index is -0.511. The monoisotopic (exact) mass is 404 g/mol. The Morgan fingerprint density at radius 3 is 2.36 bits per heavy atom. The largest absolute Gasteiger partial charge is 0.490 e. The number of hydrazine groups is 1. The number of aryl methyl sites for hydroxylation is 2. The second kappa shape index (κ2) is 9.99. The van der Waals surface area contributed by atoms with E-state index in [1.54, 1.807) is 12.1 Å². The van der Waals surface area contributed by atoms with Crippen molar-refractivity contribution >= 4 is 23.4 Å². The summed E-state index contributed by atoms with van der Waals surface area (Å²) in [5.41, 5.74) is 7.45. The molecule has 0 aliphatic rings. The van der Waals surface area contributed by atoms with Crippen molar-refractivity contribution in [2.45, 2.75) is 34.1 Å². The zero-order chi connectivity index (χ0) is 20.7. The van der Waals surface area contributed by atoms with Crippen LogP contribution < -0.4 is 20.3 Å². The van der Waals surface area contributed by atoms with Gasteiger partial charge < -0.3 is 9.47 Å². The van der Waals surface area contributed by atoms with Gasteiger partial charge in [0.2, 0.25) is 0 Å². The fourth-order valence-electron chi connectivity index (χ4n) is 2.63. The number of hydrogen-bond acceptors (Lipinski definition) is 4. The average Bonchev–Trinajstić information content (AvgIpc) is 2.65. The Labute approximate surface area is 170 Å². The quantitative estimate of drug-likeness (QED) is 0.677. The molecular weight excluding hydrogens is 380 g/mol. The number of carbonyl (C=O) groups is 2. The highest BCUT2D eigenvalue weighted by molar-refractivity contribution is 6.32. The van der Waals surface area contributed by atoms with Gasteiger partial charge in [-0.15, -0.1) is 0 Å². The van der Waals surface area contributed by atoms with Crippen LogP contribution in [0.3, 0.4) is 0 Å². The number of benzene rings is 2. The molecule has 0 aliphatic heterocycles. The molecule has 0 saturated carbocycles. The van der Waals surface area contributed by atoms with Gasteiger partial charge in [-0.25, -0.2) is 0 Å². The molecule has 0 saturated heterocycles. The Morgan fingerprint density at radius 2 is 1.71 bits per heavy atom. The topological polar surface area (TPSA) is 76.7 Å². The molecule has 0 spiro atoms. The summed E-state index contributed by atoms with van der Waals surface area (Å²) in [5.74, 6) is -0.122. The van der Waals surface area contributed by atoms with E-state index >= 15 is 0 Å². The fraction of sp³-hybridized carbons (Fsp3) is 0.333. The molecule has 28 heavy (non-hydrogen) atoms. The fourth-order valence-corrected chi connectivity index (χ4v) is 2.89. The van der Waals surface area contributed by atoms with Gasteiger partial charge in [0.25, 0.3) is 11.8 Å². The first kappa shape index (κ1) is 21.6. The van der Waals surface area contributed by atoms with Crippen molar-refractivity contribution in [2.24, 2.45) is 0 Å². The molecule has 2 amide bonds. The van der Waals surface area contributed by atoms with E-state index in [1.165, 1.54) is 6.07 Å². The Morgan fingerprint density at radius 1 is 1.00 bits per heavy atom. The van der Waals surface area contributed by atoms with Crippen LogP contribution in [0.4, 0.5) is 0 Å². The third kappa shape index (κ3) is 5.39. The first-order chi connectivity index (χ1) is 13.4. The first-order valence-corrected chi connectivity index (χ1v) is 9.52. The maximum Gasteiger partial charge on any atom is 0.269 e. The maximum absolute atomic E-state index is 12.5. The van der Waals surface area contributed by atoms with Crippen molar-refractivity contribution in [1.82, 2.24) is 10.9 Å². The van der Waals surface area contributed by atoms with Crippen LogP contribution in [0.15, 0.2) is 30.3 Å². The average molecular weight is 405 g/mol. The number of ether oxygens (including phenoxy) is 2. The highest BCUT2D eigenvalue weighted by Crippen LogP contribution is 2.36. The molecule has 0 atom stereocenters. The predicted molar refractivity (Wildman–Crippen MR) is 109 cm³/mol. The lowest BCUT2D eigenvalue weighted by Crippen LogP contribution is -2.41. The number of amides is 2. The van der Waals surface area contributed by atoms with Crippen LogP contribution in [0.1, 0.15) is 52.1 Å². The first-order valence-electron chi connectivity index (χ1n) is 9.14. The third-order valence-electron chi connectivity index (χ3n) is 3.94. The molecule has 150 valence electrons. The molecule has 2 aromatic rings. The van der Waals surface area contributed by atoms with E-state index < -0.39 is 11.8 Å². The maximum atomic E-state index is 12.5. The zero-order valence-electron chi connectivity index (χ0n) is 16.5. The lowest BCUT2D eigenvalue weighted by Gasteiger charge is -2.15. The highest BCUT2D eigenvalue weighted by Gasteiger charge is 2.17.